The van der Waals surface area contributed by atoms with Crippen molar-refractivity contribution in [3.05, 3.63) is 295 Å². The van der Waals surface area contributed by atoms with Crippen LogP contribution in [-0.4, -0.2) is 10.9 Å². The number of benzene rings is 9. The number of hydrogen-bond donors (Lipinski definition) is 0. The third kappa shape index (κ3) is 6.67. The van der Waals surface area contributed by atoms with Crippen LogP contribution >= 0.6 is 11.8 Å². The molecular formula is C69H52N2OS. The minimum absolute atomic E-state index is 0.170. The number of anilines is 4. The number of rotatable bonds is 8. The molecule has 4 heteroatoms. The van der Waals surface area contributed by atoms with Crippen molar-refractivity contribution < 1.29 is 4.74 Å². The number of hydrogen-bond acceptors (Lipinski definition) is 4. The lowest BCUT2D eigenvalue weighted by atomic mass is 9.52. The summed E-state index contributed by atoms with van der Waals surface area (Å²) >= 11 is 2.00. The minimum Gasteiger partial charge on any atom is -0.485 e. The summed E-state index contributed by atoms with van der Waals surface area (Å²) in [5.41, 5.74) is 19.6. The Kier molecular flexibility index (Phi) is 10.1. The van der Waals surface area contributed by atoms with E-state index in [1.807, 2.05) is 11.8 Å². The van der Waals surface area contributed by atoms with Gasteiger partial charge in [0.1, 0.15) is 11.9 Å². The number of nitrogens with zero attached hydrogens (tertiary/aromatic N) is 2. The van der Waals surface area contributed by atoms with Gasteiger partial charge in [0.2, 0.25) is 0 Å². The highest BCUT2D eigenvalue weighted by molar-refractivity contribution is 8.01. The Balaban J connectivity index is 1.01. The van der Waals surface area contributed by atoms with Gasteiger partial charge in [0.05, 0.1) is 15.9 Å². The first kappa shape index (κ1) is 43.5. The van der Waals surface area contributed by atoms with Gasteiger partial charge in [0, 0.05) is 56.3 Å². The molecule has 0 saturated carbocycles. The molecule has 2 aliphatic heterocycles. The zero-order valence-corrected chi connectivity index (χ0v) is 41.6. The molecule has 2 heterocycles. The highest BCUT2D eigenvalue weighted by Gasteiger charge is 2.62. The average Bonchev–Trinajstić information content (AvgIpc) is 3.94. The molecule has 4 atom stereocenters. The van der Waals surface area contributed by atoms with Crippen LogP contribution < -0.4 is 14.5 Å². The maximum atomic E-state index is 6.98. The summed E-state index contributed by atoms with van der Waals surface area (Å²) < 4.78 is 6.67. The van der Waals surface area contributed by atoms with Crippen molar-refractivity contribution in [2.24, 2.45) is 5.41 Å². The van der Waals surface area contributed by atoms with Crippen LogP contribution in [0.25, 0.3) is 39.0 Å². The molecule has 0 N–H and O–H groups in total. The van der Waals surface area contributed by atoms with Gasteiger partial charge in [-0.15, -0.1) is 11.8 Å². The summed E-state index contributed by atoms with van der Waals surface area (Å²) in [6, 6.07) is 84.9. The van der Waals surface area contributed by atoms with Crippen molar-refractivity contribution in [3.8, 4) is 39.1 Å². The van der Waals surface area contributed by atoms with Gasteiger partial charge in [0.25, 0.3) is 0 Å². The summed E-state index contributed by atoms with van der Waals surface area (Å²) in [7, 11) is 0. The summed E-state index contributed by atoms with van der Waals surface area (Å²) in [6.45, 7) is 4.88. The van der Waals surface area contributed by atoms with Gasteiger partial charge in [-0.25, -0.2) is 0 Å². The Labute approximate surface area is 432 Å². The van der Waals surface area contributed by atoms with E-state index in [0.717, 1.165) is 34.9 Å². The van der Waals surface area contributed by atoms with Crippen LogP contribution in [0.15, 0.2) is 277 Å². The maximum absolute atomic E-state index is 6.98. The van der Waals surface area contributed by atoms with Gasteiger partial charge in [-0.05, 0) is 130 Å². The quantitative estimate of drug-likeness (QED) is 0.151. The van der Waals surface area contributed by atoms with Gasteiger partial charge >= 0.3 is 0 Å². The number of para-hydroxylation sites is 2. The fourth-order valence-electron chi connectivity index (χ4n) is 13.0. The molecule has 3 aliphatic carbocycles. The largest absolute Gasteiger partial charge is 0.485 e. The van der Waals surface area contributed by atoms with E-state index in [1.165, 1.54) is 77.5 Å². The molecule has 3 nitrogen and oxygen atoms in total. The van der Waals surface area contributed by atoms with Crippen molar-refractivity contribution in [1.82, 2.24) is 0 Å². The smallest absolute Gasteiger partial charge is 0.127 e. The molecule has 0 saturated heterocycles. The van der Waals surface area contributed by atoms with Crippen molar-refractivity contribution in [3.63, 3.8) is 0 Å². The monoisotopic (exact) mass is 956 g/mol. The van der Waals surface area contributed by atoms with Crippen molar-refractivity contribution in [2.75, 3.05) is 9.80 Å². The van der Waals surface area contributed by atoms with E-state index in [0.29, 0.717) is 0 Å². The van der Waals surface area contributed by atoms with Crippen LogP contribution in [0.3, 0.4) is 0 Å². The molecule has 0 fully saturated rings. The molecule has 5 aliphatic rings. The van der Waals surface area contributed by atoms with Gasteiger partial charge in [-0.2, -0.15) is 0 Å². The molecule has 4 unspecified atom stereocenters. The molecule has 0 bridgehead atoms. The second-order valence-corrected chi connectivity index (χ2v) is 21.9. The SMILES string of the molecule is CC12CC(N(c3ccc(-c4ccccc4)cc3)c3ccc(-c4ccccc4)cc3)=CC(N(c3ccccc3)c3ccc4c(c3)C3(c5ccccc5OC5C=CC=CC53C)c3ccccc3-4)=C1c1ccccc1S2. The van der Waals surface area contributed by atoms with Crippen LogP contribution in [-0.2, 0) is 5.41 Å². The highest BCUT2D eigenvalue weighted by Crippen LogP contribution is 2.67. The van der Waals surface area contributed by atoms with Crippen LogP contribution in [0.2, 0.25) is 0 Å². The van der Waals surface area contributed by atoms with E-state index >= 15 is 0 Å². The second-order valence-electron chi connectivity index (χ2n) is 20.3. The number of allylic oxidation sites excluding steroid dienone is 4. The highest BCUT2D eigenvalue weighted by atomic mass is 32.2. The first-order valence-corrected chi connectivity index (χ1v) is 26.3. The Bertz CT molecular complexity index is 3660. The molecular weight excluding hydrogens is 905 g/mol. The minimum atomic E-state index is -0.553. The van der Waals surface area contributed by atoms with Crippen LogP contribution in [0.5, 0.6) is 5.75 Å². The Morgan fingerprint density at radius 3 is 1.68 bits per heavy atom. The maximum Gasteiger partial charge on any atom is 0.127 e. The van der Waals surface area contributed by atoms with E-state index in [4.69, 9.17) is 4.74 Å². The van der Waals surface area contributed by atoms with Crippen LogP contribution in [0.4, 0.5) is 22.7 Å². The number of fused-ring (bicyclic) bond motifs is 12. The first-order valence-electron chi connectivity index (χ1n) is 25.5. The first-order chi connectivity index (χ1) is 35.9. The number of thioether (sulfide) groups is 1. The fraction of sp³-hybridized carbons (Fsp3) is 0.101. The van der Waals surface area contributed by atoms with E-state index in [9.17, 15) is 0 Å². The lowest BCUT2D eigenvalue weighted by Gasteiger charge is -2.54. The standard InChI is InChI=1S/C69H52N2OS/c1-67-43-19-18-32-65(67)72-63-30-16-15-29-60(63)69(67)59-28-14-12-26-56(59)57-42-41-54(44-61(57)69)71(51-24-10-5-11-25-51)62-45-55(46-68(2)66(62)58-27-13-17-31-64(58)73-68)70(52-37-33-49(34-38-52)47-20-6-3-7-21-47)53-39-35-50(36-40-53)48-22-8-4-9-23-48/h3-45,65H,46H2,1-2H3. The zero-order chi connectivity index (χ0) is 48.7. The van der Waals surface area contributed by atoms with Crippen molar-refractivity contribution >= 4 is 40.1 Å². The average molecular weight is 957 g/mol. The van der Waals surface area contributed by atoms with Gasteiger partial charge in [0.15, 0.2) is 0 Å². The topological polar surface area (TPSA) is 15.7 Å². The lowest BCUT2D eigenvalue weighted by molar-refractivity contribution is 0.0664. The molecule has 9 aromatic rings. The Hall–Kier alpha value is -8.31. The third-order valence-electron chi connectivity index (χ3n) is 16.2. The van der Waals surface area contributed by atoms with Crippen molar-refractivity contribution in [2.45, 2.75) is 41.4 Å². The van der Waals surface area contributed by atoms with E-state index in [-0.39, 0.29) is 10.9 Å². The number of ether oxygens (including phenoxy) is 1. The van der Waals surface area contributed by atoms with Crippen LogP contribution in [0.1, 0.15) is 42.5 Å². The Morgan fingerprint density at radius 2 is 1.00 bits per heavy atom. The third-order valence-corrected chi connectivity index (χ3v) is 17.6. The molecule has 0 aromatic heterocycles. The van der Waals surface area contributed by atoms with Gasteiger partial charge in [-0.1, -0.05) is 195 Å². The Morgan fingerprint density at radius 1 is 0.466 bits per heavy atom. The summed E-state index contributed by atoms with van der Waals surface area (Å²) in [6.07, 6.45) is 12.2. The second kappa shape index (κ2) is 16.9. The lowest BCUT2D eigenvalue weighted by Crippen LogP contribution is -2.55. The molecule has 0 radical (unpaired) electrons. The molecule has 14 rings (SSSR count). The molecule has 0 amide bonds. The van der Waals surface area contributed by atoms with E-state index in [1.54, 1.807) is 0 Å². The van der Waals surface area contributed by atoms with Gasteiger partial charge < -0.3 is 14.5 Å². The molecule has 73 heavy (non-hydrogen) atoms. The van der Waals surface area contributed by atoms with Crippen LogP contribution in [0, 0.1) is 5.41 Å². The predicted molar refractivity (Wildman–Crippen MR) is 304 cm³/mol. The zero-order valence-electron chi connectivity index (χ0n) is 40.8. The molecule has 350 valence electrons. The molecule has 1 spiro atoms. The van der Waals surface area contributed by atoms with Gasteiger partial charge in [-0.3, -0.25) is 0 Å². The molecule has 9 aromatic carbocycles. The predicted octanol–water partition coefficient (Wildman–Crippen LogP) is 17.8. The summed E-state index contributed by atoms with van der Waals surface area (Å²) in [4.78, 5) is 6.38. The fourth-order valence-corrected chi connectivity index (χ4v) is 14.4. The van der Waals surface area contributed by atoms with E-state index < -0.39 is 10.8 Å². The van der Waals surface area contributed by atoms with Crippen molar-refractivity contribution in [1.29, 1.82) is 0 Å². The summed E-state index contributed by atoms with van der Waals surface area (Å²) in [5, 5.41) is 0. The summed E-state index contributed by atoms with van der Waals surface area (Å²) in [5.74, 6) is 0.937. The van der Waals surface area contributed by atoms with E-state index in [2.05, 4.69) is 285 Å². The normalized spacial score (nSPS) is 21.5.